The minimum Gasteiger partial charge on any atom is -0.472 e. The van der Waals surface area contributed by atoms with Crippen molar-refractivity contribution in [3.05, 3.63) is 66.2 Å². The van der Waals surface area contributed by atoms with E-state index in [2.05, 4.69) is 40.7 Å². The molecule has 4 N–H and O–H groups in total. The summed E-state index contributed by atoms with van der Waals surface area (Å²) in [7, 11) is 12.7. The Morgan fingerprint density at radius 3 is 1.67 bits per heavy atom. The molecule has 0 aliphatic carbocycles. The van der Waals surface area contributed by atoms with E-state index >= 15 is 0 Å². The van der Waals surface area contributed by atoms with E-state index in [1.807, 2.05) is 11.9 Å². The highest BCUT2D eigenvalue weighted by molar-refractivity contribution is 8.98. The van der Waals surface area contributed by atoms with Crippen molar-refractivity contribution < 1.29 is 28.5 Å². The van der Waals surface area contributed by atoms with Gasteiger partial charge in [0.05, 0.1) is 24.0 Å². The highest BCUT2D eigenvalue weighted by Crippen LogP contribution is 2.92. The Morgan fingerprint density at radius 2 is 1.39 bits per heavy atom. The first-order valence-corrected chi connectivity index (χ1v) is 25.5. The molecule has 264 valence electrons. The molecule has 2 aromatic heterocycles. The van der Waals surface area contributed by atoms with Crippen LogP contribution in [0.1, 0.15) is 40.2 Å². The molecule has 0 saturated carbocycles. The molecule has 23 heteroatoms. The molecule has 2 fully saturated rings. The van der Waals surface area contributed by atoms with Gasteiger partial charge >= 0.3 is 11.4 Å². The summed E-state index contributed by atoms with van der Waals surface area (Å²) in [6.45, 7) is 3.25. The van der Waals surface area contributed by atoms with Crippen LogP contribution in [0.2, 0.25) is 0 Å². The monoisotopic (exact) mass is 825 g/mol. The number of aromatic nitrogens is 4. The summed E-state index contributed by atoms with van der Waals surface area (Å²) in [6, 6.07) is 2.18. The summed E-state index contributed by atoms with van der Waals surface area (Å²) in [5.41, 5.74) is -5.20. The van der Waals surface area contributed by atoms with Crippen LogP contribution < -0.4 is 22.5 Å². The number of aliphatic hydroxyl groups is 2. The lowest BCUT2D eigenvalue weighted by Gasteiger charge is -2.29. The van der Waals surface area contributed by atoms with Gasteiger partial charge in [-0.15, -0.1) is 50.0 Å². The SMILES string of the molecule is C.CC[C@@]1(CCl)O[C@@H](n2ccc(=O)[nH]c2=O)[C@H](F)[C@@H]1C.O=c1ccn([C@@H]2O[C@@](CO)(CCl)[C@@H](O)[C@H]2F)c(=O)[nH]1.P[P-]P(P)P(P)P. The molecule has 4 rings (SSSR count). The minimum atomic E-state index is -1.96. The van der Waals surface area contributed by atoms with E-state index in [0.29, 0.717) is 6.42 Å². The van der Waals surface area contributed by atoms with E-state index in [1.54, 1.807) is 6.92 Å². The number of alkyl halides is 4. The van der Waals surface area contributed by atoms with Crippen LogP contribution in [-0.4, -0.2) is 77.3 Å². The van der Waals surface area contributed by atoms with Crippen molar-refractivity contribution >= 4 is 80.8 Å². The van der Waals surface area contributed by atoms with Gasteiger partial charge in [0.2, 0.25) is 0 Å². The van der Waals surface area contributed by atoms with E-state index in [-0.39, 0.29) is 33.2 Å². The predicted molar refractivity (Wildman–Crippen MR) is 198 cm³/mol. The lowest BCUT2D eigenvalue weighted by molar-refractivity contribution is -0.115. The van der Waals surface area contributed by atoms with E-state index in [9.17, 15) is 38.2 Å². The highest BCUT2D eigenvalue weighted by atomic mass is 35.5. The van der Waals surface area contributed by atoms with Crippen molar-refractivity contribution in [2.45, 2.75) is 69.8 Å². The van der Waals surface area contributed by atoms with Crippen LogP contribution in [0.5, 0.6) is 0 Å². The maximum Gasteiger partial charge on any atom is 0.330 e. The quantitative estimate of drug-likeness (QED) is 0.220. The van der Waals surface area contributed by atoms with Crippen LogP contribution in [0.25, 0.3) is 0 Å². The minimum absolute atomic E-state index is 0. The van der Waals surface area contributed by atoms with Crippen LogP contribution in [0.15, 0.2) is 43.7 Å². The molecule has 2 aliphatic rings. The third kappa shape index (κ3) is 10.4. The van der Waals surface area contributed by atoms with Gasteiger partial charge in [-0.1, -0.05) is 28.3 Å². The lowest BCUT2D eigenvalue weighted by atomic mass is 9.87. The third-order valence-electron chi connectivity index (χ3n) is 7.33. The van der Waals surface area contributed by atoms with Gasteiger partial charge in [0.1, 0.15) is 11.7 Å². The fraction of sp³-hybridized carbons (Fsp3) is 0.652. The highest BCUT2D eigenvalue weighted by Gasteiger charge is 2.56. The number of nitrogens with one attached hydrogen (secondary N) is 2. The average molecular weight is 826 g/mol. The van der Waals surface area contributed by atoms with Gasteiger partial charge in [-0.2, -0.15) is 0 Å². The number of H-pyrrole nitrogens is 2. The van der Waals surface area contributed by atoms with Crippen LogP contribution in [0, 0.1) is 5.92 Å². The molecule has 5 unspecified atom stereocenters. The number of ether oxygens (including phenoxy) is 2. The molecular weight excluding hydrogens is 786 g/mol. The molecule has 0 spiro atoms. The summed E-state index contributed by atoms with van der Waals surface area (Å²) in [5, 5.41) is 19.0. The van der Waals surface area contributed by atoms with Gasteiger partial charge in [0, 0.05) is 30.4 Å². The van der Waals surface area contributed by atoms with Crippen LogP contribution in [0.4, 0.5) is 8.78 Å². The number of rotatable bonds is 8. The standard InChI is InChI=1S/C12H16ClFN2O3.C10H12ClFN2O5.CH4.H8P7/c1-3-12(6-13)7(2)9(14)10(19-12)16-5-4-8(17)15-11(16)18;11-3-10(4-15)7(17)6(12)8(19-10)14-2-1-5(16)13-9(14)18;;1-5-7(4)6(2)3/h4-5,7,9-10H,3,6H2,1-2H3,(H,15,17,18);1-2,6-8,15,17H,3-4H2,(H,13,16,18);1H4;1-4H2/q;;;-1/t7-,9+,10+,12-;6-,7+,8-,10-;;/m01../s1. The fourth-order valence-electron chi connectivity index (χ4n) is 4.44. The number of hydrogen-bond donors (Lipinski definition) is 4. The van der Waals surface area contributed by atoms with Crippen LogP contribution in [0.3, 0.4) is 0 Å². The van der Waals surface area contributed by atoms with Gasteiger partial charge in [-0.25, -0.2) is 25.4 Å². The van der Waals surface area contributed by atoms with Gasteiger partial charge in [-0.3, -0.25) is 37.6 Å². The number of aromatic amines is 2. The first-order chi connectivity index (χ1) is 21.1. The molecule has 2 saturated heterocycles. The zero-order chi connectivity index (χ0) is 34.3. The molecule has 13 atom stereocenters. The Morgan fingerprint density at radius 1 is 0.957 bits per heavy atom. The number of aliphatic hydroxyl groups excluding tert-OH is 2. The molecular formula is C23H40Cl2F2N4O8P7-. The van der Waals surface area contributed by atoms with E-state index in [1.165, 1.54) is 14.2 Å². The van der Waals surface area contributed by atoms with Crippen molar-refractivity contribution in [2.75, 3.05) is 18.4 Å². The largest absolute Gasteiger partial charge is 0.472 e. The van der Waals surface area contributed by atoms with Crippen LogP contribution in [-0.2, 0) is 9.47 Å². The number of halogens is 4. The zero-order valence-corrected chi connectivity index (χ0v) is 32.8. The van der Waals surface area contributed by atoms with Gasteiger partial charge in [-0.05, 0) is 6.42 Å². The third-order valence-corrected chi connectivity index (χ3v) is 36.6. The summed E-state index contributed by atoms with van der Waals surface area (Å²) in [5.74, 6) is -0.627. The Bertz CT molecular complexity index is 1380. The Balaban J connectivity index is 0.000000376. The molecule has 46 heavy (non-hydrogen) atoms. The summed E-state index contributed by atoms with van der Waals surface area (Å²) in [6.07, 6.45) is -4.69. The van der Waals surface area contributed by atoms with E-state index in [4.69, 9.17) is 32.7 Å². The summed E-state index contributed by atoms with van der Waals surface area (Å²) in [4.78, 5) is 49.2. The number of hydrogen-bond acceptors (Lipinski definition) is 8. The smallest absolute Gasteiger partial charge is 0.330 e. The molecule has 0 aromatic carbocycles. The summed E-state index contributed by atoms with van der Waals surface area (Å²) >= 11 is 11.5. The molecule has 2 aromatic rings. The normalized spacial score (nSPS) is 31.2. The topological polar surface area (TPSA) is 169 Å². The first-order valence-electron chi connectivity index (χ1n) is 13.0. The molecule has 2 aliphatic heterocycles. The van der Waals surface area contributed by atoms with Gasteiger partial charge in [0.25, 0.3) is 11.1 Å². The van der Waals surface area contributed by atoms with Gasteiger partial charge < -0.3 is 27.6 Å². The zero-order valence-electron chi connectivity index (χ0n) is 24.0. The average Bonchev–Trinajstić information content (AvgIpc) is 3.42. The Labute approximate surface area is 287 Å². The van der Waals surface area contributed by atoms with E-state index < -0.39 is 77.1 Å². The molecule has 0 radical (unpaired) electrons. The fourth-order valence-corrected chi connectivity index (χ4v) is 19.7. The Kier molecular flexibility index (Phi) is 19.3. The first kappa shape index (κ1) is 44.7. The van der Waals surface area contributed by atoms with Crippen molar-refractivity contribution in [2.24, 2.45) is 5.92 Å². The second kappa shape index (κ2) is 19.9. The second-order valence-corrected chi connectivity index (χ2v) is 31.6. The number of nitrogens with zero attached hydrogens (tertiary/aromatic N) is 2. The predicted octanol–water partition coefficient (Wildman–Crippen LogP) is 4.68. The molecule has 0 bridgehead atoms. The van der Waals surface area contributed by atoms with Crippen molar-refractivity contribution in [3.8, 4) is 0 Å². The van der Waals surface area contributed by atoms with Crippen molar-refractivity contribution in [3.63, 3.8) is 0 Å². The maximum absolute atomic E-state index is 14.4. The molecule has 0 amide bonds. The molecule has 12 nitrogen and oxygen atoms in total. The Hall–Kier alpha value is 0.650. The van der Waals surface area contributed by atoms with Gasteiger partial charge in [0.15, 0.2) is 24.8 Å². The van der Waals surface area contributed by atoms with Crippen LogP contribution >= 0.6 is 80.8 Å². The van der Waals surface area contributed by atoms with Crippen molar-refractivity contribution in [1.82, 2.24) is 19.1 Å². The van der Waals surface area contributed by atoms with E-state index in [0.717, 1.165) is 27.5 Å². The van der Waals surface area contributed by atoms with Crippen molar-refractivity contribution in [1.29, 1.82) is 0 Å². The molecule has 4 heterocycles. The summed E-state index contributed by atoms with van der Waals surface area (Å²) < 4.78 is 41.2. The second-order valence-electron chi connectivity index (χ2n) is 9.90. The maximum atomic E-state index is 14.4. The lowest BCUT2D eigenvalue weighted by Crippen LogP contribution is -2.47.